The van der Waals surface area contributed by atoms with E-state index in [0.29, 0.717) is 12.5 Å². The second-order valence-electron chi connectivity index (χ2n) is 4.96. The molecule has 114 valence electrons. The highest BCUT2D eigenvalue weighted by molar-refractivity contribution is 7.89. The summed E-state index contributed by atoms with van der Waals surface area (Å²) in [4.78, 5) is -0.127. The second-order valence-corrected chi connectivity index (χ2v) is 8.46. The number of rotatable bonds is 6. The van der Waals surface area contributed by atoms with E-state index in [1.807, 2.05) is 0 Å². The summed E-state index contributed by atoms with van der Waals surface area (Å²) in [6.45, 7) is 0.388. The summed E-state index contributed by atoms with van der Waals surface area (Å²) in [5.74, 6) is 2.70. The lowest BCUT2D eigenvalue weighted by Gasteiger charge is -2.19. The summed E-state index contributed by atoms with van der Waals surface area (Å²) < 4.78 is 48.6. The molecule has 0 saturated heterocycles. The molecule has 1 aromatic carbocycles. The van der Waals surface area contributed by atoms with Crippen molar-refractivity contribution in [3.63, 3.8) is 0 Å². The first kappa shape index (κ1) is 16.0. The number of sulfonamides is 2. The van der Waals surface area contributed by atoms with Gasteiger partial charge in [0.05, 0.1) is 16.3 Å². The molecule has 0 atom stereocenters. The molecule has 1 aliphatic carbocycles. The maximum Gasteiger partial charge on any atom is 0.243 e. The molecule has 0 bridgehead atoms. The monoisotopic (exact) mass is 328 g/mol. The Morgan fingerprint density at radius 2 is 1.67 bits per heavy atom. The Hall–Kier alpha value is -1.40. The van der Waals surface area contributed by atoms with Gasteiger partial charge in [-0.25, -0.2) is 22.0 Å². The van der Waals surface area contributed by atoms with Gasteiger partial charge in [0.15, 0.2) is 0 Å². The first-order valence-electron chi connectivity index (χ1n) is 6.31. The summed E-state index contributed by atoms with van der Waals surface area (Å²) in [6.07, 6.45) is 7.23. The van der Waals surface area contributed by atoms with Gasteiger partial charge in [-0.3, -0.25) is 0 Å². The highest BCUT2D eigenvalue weighted by Gasteiger charge is 2.31. The smallest absolute Gasteiger partial charge is 0.225 e. The van der Waals surface area contributed by atoms with E-state index in [1.54, 1.807) is 0 Å². The molecule has 0 spiro atoms. The Bertz CT molecular complexity index is 757. The van der Waals surface area contributed by atoms with Crippen LogP contribution in [0.2, 0.25) is 0 Å². The summed E-state index contributed by atoms with van der Waals surface area (Å²) in [5, 5.41) is 4.98. The van der Waals surface area contributed by atoms with Gasteiger partial charge in [-0.1, -0.05) is 5.92 Å². The van der Waals surface area contributed by atoms with E-state index in [-0.39, 0.29) is 16.3 Å². The quantitative estimate of drug-likeness (QED) is 0.763. The van der Waals surface area contributed by atoms with Crippen molar-refractivity contribution >= 4 is 20.0 Å². The average molecular weight is 328 g/mol. The van der Waals surface area contributed by atoms with E-state index in [9.17, 15) is 16.8 Å². The normalized spacial score (nSPS) is 15.9. The van der Waals surface area contributed by atoms with Crippen molar-refractivity contribution in [1.29, 1.82) is 0 Å². The Morgan fingerprint density at radius 3 is 2.10 bits per heavy atom. The lowest BCUT2D eigenvalue weighted by atomic mass is 10.4. The molecular weight excluding hydrogens is 312 g/mol. The molecule has 21 heavy (non-hydrogen) atoms. The van der Waals surface area contributed by atoms with Crippen LogP contribution < -0.4 is 5.14 Å². The molecule has 0 aliphatic heterocycles. The van der Waals surface area contributed by atoms with Crippen molar-refractivity contribution < 1.29 is 16.8 Å². The highest BCUT2D eigenvalue weighted by atomic mass is 32.2. The molecule has 0 aromatic heterocycles. The second kappa shape index (κ2) is 5.77. The highest BCUT2D eigenvalue weighted by Crippen LogP contribution is 2.31. The third kappa shape index (κ3) is 3.83. The summed E-state index contributed by atoms with van der Waals surface area (Å²) in [7, 11) is -7.57. The maximum atomic E-state index is 12.5. The van der Waals surface area contributed by atoms with Crippen molar-refractivity contribution in [2.45, 2.75) is 22.6 Å². The van der Waals surface area contributed by atoms with Crippen molar-refractivity contribution in [2.24, 2.45) is 11.1 Å². The molecule has 0 heterocycles. The predicted octanol–water partition coefficient (Wildman–Crippen LogP) is 0.368. The van der Waals surface area contributed by atoms with Crippen LogP contribution in [-0.4, -0.2) is 34.2 Å². The van der Waals surface area contributed by atoms with Gasteiger partial charge in [-0.15, -0.1) is 6.42 Å². The standard InChI is InChI=1S/C13H16N2O4S2/c1-2-9-15(10-11-3-4-11)21(18,19)13-7-5-12(6-8-13)20(14,16)17/h1,5-8,11H,3-4,9-10H2,(H2,14,16,17). The van der Waals surface area contributed by atoms with Gasteiger partial charge in [0.2, 0.25) is 20.0 Å². The van der Waals surface area contributed by atoms with Gasteiger partial charge in [-0.2, -0.15) is 4.31 Å². The van der Waals surface area contributed by atoms with Gasteiger partial charge < -0.3 is 0 Å². The lowest BCUT2D eigenvalue weighted by molar-refractivity contribution is 0.430. The van der Waals surface area contributed by atoms with E-state index in [0.717, 1.165) is 12.8 Å². The molecule has 0 radical (unpaired) electrons. The minimum Gasteiger partial charge on any atom is -0.225 e. The topological polar surface area (TPSA) is 97.5 Å². The van der Waals surface area contributed by atoms with Crippen LogP contribution in [0.4, 0.5) is 0 Å². The number of hydrogen-bond donors (Lipinski definition) is 1. The number of terminal acetylenes is 1. The van der Waals surface area contributed by atoms with Crippen LogP contribution in [-0.2, 0) is 20.0 Å². The van der Waals surface area contributed by atoms with Crippen molar-refractivity contribution in [3.8, 4) is 12.3 Å². The number of nitrogens with two attached hydrogens (primary N) is 1. The van der Waals surface area contributed by atoms with Crippen molar-refractivity contribution in [1.82, 2.24) is 4.31 Å². The van der Waals surface area contributed by atoms with Crippen LogP contribution in [0.25, 0.3) is 0 Å². The zero-order valence-corrected chi connectivity index (χ0v) is 12.9. The van der Waals surface area contributed by atoms with E-state index >= 15 is 0 Å². The molecule has 2 rings (SSSR count). The fourth-order valence-corrected chi connectivity index (χ4v) is 3.83. The Labute approximate surface area is 125 Å². The van der Waals surface area contributed by atoms with E-state index in [4.69, 9.17) is 11.6 Å². The summed E-state index contributed by atoms with van der Waals surface area (Å²) in [5.41, 5.74) is 0. The first-order chi connectivity index (χ1) is 9.75. The SMILES string of the molecule is C#CCN(CC1CC1)S(=O)(=O)c1ccc(S(N)(=O)=O)cc1. The van der Waals surface area contributed by atoms with Crippen LogP contribution >= 0.6 is 0 Å². The molecule has 1 aliphatic rings. The number of primary sulfonamides is 1. The Kier molecular flexibility index (Phi) is 4.39. The molecular formula is C13H16N2O4S2. The van der Waals surface area contributed by atoms with Gasteiger partial charge >= 0.3 is 0 Å². The fraction of sp³-hybridized carbons (Fsp3) is 0.385. The molecule has 1 saturated carbocycles. The fourth-order valence-electron chi connectivity index (χ4n) is 1.89. The predicted molar refractivity (Wildman–Crippen MR) is 78.1 cm³/mol. The summed E-state index contributed by atoms with van der Waals surface area (Å²) >= 11 is 0. The number of benzene rings is 1. The zero-order chi connectivity index (χ0) is 15.7. The number of nitrogens with zero attached hydrogens (tertiary/aromatic N) is 1. The Balaban J connectivity index is 2.30. The van der Waals surface area contributed by atoms with Crippen LogP contribution in [0.3, 0.4) is 0 Å². The Morgan fingerprint density at radius 1 is 1.14 bits per heavy atom. The lowest BCUT2D eigenvalue weighted by Crippen LogP contribution is -2.33. The molecule has 1 aromatic rings. The van der Waals surface area contributed by atoms with Gasteiger partial charge in [0.1, 0.15) is 0 Å². The van der Waals surface area contributed by atoms with Crippen LogP contribution in [0.15, 0.2) is 34.1 Å². The van der Waals surface area contributed by atoms with Gasteiger partial charge in [0, 0.05) is 6.54 Å². The van der Waals surface area contributed by atoms with Crippen molar-refractivity contribution in [3.05, 3.63) is 24.3 Å². The molecule has 8 heteroatoms. The average Bonchev–Trinajstić information content (AvgIpc) is 3.21. The van der Waals surface area contributed by atoms with Crippen LogP contribution in [0, 0.1) is 18.3 Å². The van der Waals surface area contributed by atoms with E-state index in [1.165, 1.54) is 28.6 Å². The molecule has 6 nitrogen and oxygen atoms in total. The van der Waals surface area contributed by atoms with Gasteiger partial charge in [-0.05, 0) is 43.0 Å². The molecule has 0 unspecified atom stereocenters. The van der Waals surface area contributed by atoms with Crippen LogP contribution in [0.5, 0.6) is 0 Å². The van der Waals surface area contributed by atoms with Gasteiger partial charge in [0.25, 0.3) is 0 Å². The third-order valence-corrected chi connectivity index (χ3v) is 5.97. The zero-order valence-electron chi connectivity index (χ0n) is 11.3. The minimum absolute atomic E-state index is 0.00419. The largest absolute Gasteiger partial charge is 0.243 e. The number of hydrogen-bond acceptors (Lipinski definition) is 4. The van der Waals surface area contributed by atoms with E-state index < -0.39 is 20.0 Å². The maximum absolute atomic E-state index is 12.5. The van der Waals surface area contributed by atoms with Crippen molar-refractivity contribution in [2.75, 3.05) is 13.1 Å². The molecule has 0 amide bonds. The molecule has 2 N–H and O–H groups in total. The molecule has 1 fully saturated rings. The third-order valence-electron chi connectivity index (χ3n) is 3.22. The van der Waals surface area contributed by atoms with Crippen LogP contribution in [0.1, 0.15) is 12.8 Å². The first-order valence-corrected chi connectivity index (χ1v) is 9.30. The summed E-state index contributed by atoms with van der Waals surface area (Å²) in [6, 6.07) is 4.80. The van der Waals surface area contributed by atoms with E-state index in [2.05, 4.69) is 5.92 Å². The minimum atomic E-state index is -3.85.